The number of likely N-dealkylation sites (tertiary alicyclic amines) is 1. The molecule has 0 bridgehead atoms. The Kier molecular flexibility index (Phi) is 5.22. The maximum absolute atomic E-state index is 12.4. The molecule has 0 spiro atoms. The van der Waals surface area contributed by atoms with Crippen molar-refractivity contribution in [3.05, 3.63) is 30.1 Å². The number of aromatic nitrogens is 1. The quantitative estimate of drug-likeness (QED) is 0.893. The van der Waals surface area contributed by atoms with Crippen molar-refractivity contribution in [1.82, 2.24) is 9.88 Å². The minimum atomic E-state index is -0.366. The topological polar surface area (TPSA) is 59.2 Å². The van der Waals surface area contributed by atoms with E-state index in [4.69, 9.17) is 5.73 Å². The van der Waals surface area contributed by atoms with Crippen LogP contribution in [0, 0.1) is 0 Å². The van der Waals surface area contributed by atoms with E-state index in [9.17, 15) is 4.79 Å². The van der Waals surface area contributed by atoms with Gasteiger partial charge in [-0.05, 0) is 49.0 Å². The molecule has 1 aliphatic rings. The lowest BCUT2D eigenvalue weighted by Crippen LogP contribution is -2.43. The molecule has 1 aromatic heterocycles. The Labute approximate surface area is 118 Å². The number of carbonyl (C=O) groups is 1. The van der Waals surface area contributed by atoms with Gasteiger partial charge in [0.25, 0.3) is 0 Å². The van der Waals surface area contributed by atoms with Crippen molar-refractivity contribution in [3.8, 4) is 0 Å². The van der Waals surface area contributed by atoms with E-state index >= 15 is 0 Å². The summed E-state index contributed by atoms with van der Waals surface area (Å²) >= 11 is 1.73. The van der Waals surface area contributed by atoms with Gasteiger partial charge in [-0.3, -0.25) is 9.78 Å². The first-order valence-electron chi connectivity index (χ1n) is 6.69. The third-order valence-electron chi connectivity index (χ3n) is 3.58. The second-order valence-electron chi connectivity index (χ2n) is 4.86. The highest BCUT2D eigenvalue weighted by Gasteiger charge is 2.32. The lowest BCUT2D eigenvalue weighted by molar-refractivity contribution is -0.133. The standard InChI is InChI=1S/C14H21N3OS/c1-19-10-6-12(15)14(18)17-9-2-3-13(17)11-4-7-16-8-5-11/h4-5,7-8,12-13H,2-3,6,9-10,15H2,1H3/t12-,13?/m0/s1. The molecule has 5 heteroatoms. The van der Waals surface area contributed by atoms with Crippen LogP contribution in [0.5, 0.6) is 0 Å². The van der Waals surface area contributed by atoms with Gasteiger partial charge in [-0.15, -0.1) is 0 Å². The summed E-state index contributed by atoms with van der Waals surface area (Å²) in [7, 11) is 0. The second kappa shape index (κ2) is 6.91. The normalized spacial score (nSPS) is 20.5. The van der Waals surface area contributed by atoms with Gasteiger partial charge in [0.2, 0.25) is 5.91 Å². The molecule has 0 aromatic carbocycles. The largest absolute Gasteiger partial charge is 0.334 e. The van der Waals surface area contributed by atoms with Gasteiger partial charge < -0.3 is 10.6 Å². The maximum atomic E-state index is 12.4. The highest BCUT2D eigenvalue weighted by molar-refractivity contribution is 7.98. The highest BCUT2D eigenvalue weighted by atomic mass is 32.2. The molecule has 0 saturated carbocycles. The van der Waals surface area contributed by atoms with Crippen LogP contribution in [0.15, 0.2) is 24.5 Å². The van der Waals surface area contributed by atoms with Gasteiger partial charge in [0.05, 0.1) is 12.1 Å². The number of thioether (sulfide) groups is 1. The molecule has 1 fully saturated rings. The number of nitrogens with two attached hydrogens (primary N) is 1. The molecule has 1 unspecified atom stereocenters. The van der Waals surface area contributed by atoms with Crippen molar-refractivity contribution < 1.29 is 4.79 Å². The van der Waals surface area contributed by atoms with Crippen molar-refractivity contribution in [2.75, 3.05) is 18.6 Å². The molecule has 2 atom stereocenters. The van der Waals surface area contributed by atoms with Crippen molar-refractivity contribution in [3.63, 3.8) is 0 Å². The average molecular weight is 279 g/mol. The molecule has 1 aliphatic heterocycles. The summed E-state index contributed by atoms with van der Waals surface area (Å²) in [5, 5.41) is 0. The lowest BCUT2D eigenvalue weighted by atomic mass is 10.1. The molecular weight excluding hydrogens is 258 g/mol. The maximum Gasteiger partial charge on any atom is 0.240 e. The van der Waals surface area contributed by atoms with Gasteiger partial charge in [-0.25, -0.2) is 0 Å². The van der Waals surface area contributed by atoms with Crippen LogP contribution in [0.2, 0.25) is 0 Å². The fourth-order valence-corrected chi connectivity index (χ4v) is 3.03. The summed E-state index contributed by atoms with van der Waals surface area (Å²) in [5.74, 6) is 1.02. The summed E-state index contributed by atoms with van der Waals surface area (Å²) in [4.78, 5) is 18.4. The first-order chi connectivity index (χ1) is 9.24. The summed E-state index contributed by atoms with van der Waals surface area (Å²) in [6, 6.07) is 3.79. The molecule has 2 rings (SSSR count). The minimum Gasteiger partial charge on any atom is -0.334 e. The van der Waals surface area contributed by atoms with E-state index in [0.717, 1.165) is 37.1 Å². The Hall–Kier alpha value is -1.07. The van der Waals surface area contributed by atoms with Crippen LogP contribution in [0.1, 0.15) is 30.9 Å². The summed E-state index contributed by atoms with van der Waals surface area (Å²) in [5.41, 5.74) is 7.17. The minimum absolute atomic E-state index is 0.0911. The molecular formula is C14H21N3OS. The van der Waals surface area contributed by atoms with Crippen LogP contribution in [0.3, 0.4) is 0 Å². The first kappa shape index (κ1) is 14.3. The number of nitrogens with zero attached hydrogens (tertiary/aromatic N) is 2. The van der Waals surface area contributed by atoms with Gasteiger partial charge in [-0.1, -0.05) is 0 Å². The fraction of sp³-hybridized carbons (Fsp3) is 0.571. The van der Waals surface area contributed by atoms with Crippen LogP contribution in [-0.4, -0.2) is 40.4 Å². The predicted octanol–water partition coefficient (Wildman–Crippen LogP) is 1.83. The zero-order valence-corrected chi connectivity index (χ0v) is 12.1. The van der Waals surface area contributed by atoms with Crippen LogP contribution in [0.25, 0.3) is 0 Å². The van der Waals surface area contributed by atoms with E-state index in [1.807, 2.05) is 23.3 Å². The Bertz CT molecular complexity index is 412. The van der Waals surface area contributed by atoms with Gasteiger partial charge >= 0.3 is 0 Å². The number of rotatable bonds is 5. The molecule has 1 saturated heterocycles. The fourth-order valence-electron chi connectivity index (χ4n) is 2.54. The van der Waals surface area contributed by atoms with E-state index in [1.54, 1.807) is 24.2 Å². The molecule has 2 N–H and O–H groups in total. The zero-order valence-electron chi connectivity index (χ0n) is 11.3. The van der Waals surface area contributed by atoms with E-state index in [2.05, 4.69) is 4.98 Å². The van der Waals surface area contributed by atoms with Gasteiger partial charge in [0.1, 0.15) is 0 Å². The number of hydrogen-bond donors (Lipinski definition) is 1. The van der Waals surface area contributed by atoms with Crippen LogP contribution < -0.4 is 5.73 Å². The third-order valence-corrected chi connectivity index (χ3v) is 4.22. The molecule has 104 valence electrons. The number of pyridine rings is 1. The van der Waals surface area contributed by atoms with Gasteiger partial charge in [-0.2, -0.15) is 11.8 Å². The van der Waals surface area contributed by atoms with E-state index < -0.39 is 0 Å². The van der Waals surface area contributed by atoms with E-state index in [-0.39, 0.29) is 18.0 Å². The average Bonchev–Trinajstić information content (AvgIpc) is 2.94. The van der Waals surface area contributed by atoms with Crippen LogP contribution in [-0.2, 0) is 4.79 Å². The van der Waals surface area contributed by atoms with Crippen LogP contribution >= 0.6 is 11.8 Å². The summed E-state index contributed by atoms with van der Waals surface area (Å²) in [6.45, 7) is 0.818. The summed E-state index contributed by atoms with van der Waals surface area (Å²) in [6.07, 6.45) is 8.42. The van der Waals surface area contributed by atoms with Gasteiger partial charge in [0.15, 0.2) is 0 Å². The van der Waals surface area contributed by atoms with Crippen molar-refractivity contribution >= 4 is 17.7 Å². The molecule has 1 amide bonds. The number of hydrogen-bond acceptors (Lipinski definition) is 4. The Morgan fingerprint density at radius 1 is 1.58 bits per heavy atom. The highest BCUT2D eigenvalue weighted by Crippen LogP contribution is 2.32. The van der Waals surface area contributed by atoms with Crippen molar-refractivity contribution in [1.29, 1.82) is 0 Å². The van der Waals surface area contributed by atoms with E-state index in [0.29, 0.717) is 0 Å². The monoisotopic (exact) mass is 279 g/mol. The third kappa shape index (κ3) is 3.48. The zero-order chi connectivity index (χ0) is 13.7. The second-order valence-corrected chi connectivity index (χ2v) is 5.84. The lowest BCUT2D eigenvalue weighted by Gasteiger charge is -2.27. The van der Waals surface area contributed by atoms with Crippen molar-refractivity contribution in [2.24, 2.45) is 5.73 Å². The molecule has 0 aliphatic carbocycles. The van der Waals surface area contributed by atoms with Crippen LogP contribution in [0.4, 0.5) is 0 Å². The Morgan fingerprint density at radius 3 is 3.00 bits per heavy atom. The smallest absolute Gasteiger partial charge is 0.240 e. The molecule has 1 aromatic rings. The molecule has 4 nitrogen and oxygen atoms in total. The molecule has 2 heterocycles. The first-order valence-corrected chi connectivity index (χ1v) is 8.08. The van der Waals surface area contributed by atoms with Crippen molar-refractivity contribution in [2.45, 2.75) is 31.3 Å². The van der Waals surface area contributed by atoms with E-state index in [1.165, 1.54) is 0 Å². The Balaban J connectivity index is 2.04. The SMILES string of the molecule is CSCC[C@H](N)C(=O)N1CCCC1c1ccncc1. The Morgan fingerprint density at radius 2 is 2.32 bits per heavy atom. The number of carbonyl (C=O) groups excluding carboxylic acids is 1. The van der Waals surface area contributed by atoms with Gasteiger partial charge in [0, 0.05) is 18.9 Å². The molecule has 0 radical (unpaired) electrons. The predicted molar refractivity (Wildman–Crippen MR) is 78.9 cm³/mol. The molecule has 19 heavy (non-hydrogen) atoms. The number of amides is 1. The summed E-state index contributed by atoms with van der Waals surface area (Å²) < 4.78 is 0.